The van der Waals surface area contributed by atoms with Gasteiger partial charge in [-0.25, -0.2) is 4.90 Å². The highest BCUT2D eigenvalue weighted by Gasteiger charge is 2.73. The van der Waals surface area contributed by atoms with Gasteiger partial charge in [0.25, 0.3) is 29.2 Å². The Labute approximate surface area is 368 Å². The van der Waals surface area contributed by atoms with Gasteiger partial charge in [0.05, 0.1) is 33.4 Å². The summed E-state index contributed by atoms with van der Waals surface area (Å²) in [4.78, 5) is 54.7. The van der Waals surface area contributed by atoms with Crippen LogP contribution in [0.2, 0.25) is 0 Å². The largest absolute Gasteiger partial charge is 0.430 e. The van der Waals surface area contributed by atoms with Crippen LogP contribution in [0.5, 0.6) is 0 Å². The van der Waals surface area contributed by atoms with E-state index in [0.29, 0.717) is 30.2 Å². The van der Waals surface area contributed by atoms with Gasteiger partial charge in [-0.05, 0) is 106 Å². The van der Waals surface area contributed by atoms with E-state index in [2.05, 4.69) is 0 Å². The van der Waals surface area contributed by atoms with Crippen molar-refractivity contribution in [3.05, 3.63) is 183 Å². The van der Waals surface area contributed by atoms with Crippen molar-refractivity contribution in [3.8, 4) is 22.3 Å². The zero-order valence-electron chi connectivity index (χ0n) is 34.4. The first-order chi connectivity index (χ1) is 30.8. The van der Waals surface area contributed by atoms with Crippen molar-refractivity contribution in [2.24, 2.45) is 0 Å². The molecule has 4 amide bonds. The minimum atomic E-state index is -6.58. The molecular formula is C49H31F9N2O6. The molecule has 1 atom stereocenters. The first kappa shape index (κ1) is 44.1. The maximum atomic E-state index is 15.2. The van der Waals surface area contributed by atoms with E-state index < -0.39 is 92.3 Å². The Morgan fingerprint density at radius 2 is 0.924 bits per heavy atom. The predicted octanol–water partition coefficient (Wildman–Crippen LogP) is 10.1. The van der Waals surface area contributed by atoms with Crippen LogP contribution in [0.1, 0.15) is 87.3 Å². The second-order valence-corrected chi connectivity index (χ2v) is 16.5. The topological polar surface area (TPSA) is 115 Å². The van der Waals surface area contributed by atoms with Crippen LogP contribution >= 0.6 is 0 Å². The van der Waals surface area contributed by atoms with Crippen LogP contribution in [0.25, 0.3) is 22.3 Å². The van der Waals surface area contributed by atoms with Gasteiger partial charge in [0.15, 0.2) is 5.60 Å². The number of anilines is 1. The molecule has 2 N–H and O–H groups in total. The smallest absolute Gasteiger partial charge is 0.376 e. The zero-order chi connectivity index (χ0) is 47.8. The Hall–Kier alpha value is -7.11. The molecule has 0 aromatic heterocycles. The third-order valence-electron chi connectivity index (χ3n) is 12.9. The number of halogens is 9. The van der Waals surface area contributed by atoms with E-state index in [1.54, 1.807) is 24.3 Å². The Morgan fingerprint density at radius 3 is 1.44 bits per heavy atom. The van der Waals surface area contributed by atoms with E-state index in [1.165, 1.54) is 74.6 Å². The first-order valence-corrected chi connectivity index (χ1v) is 19.9. The molecule has 9 rings (SSSR count). The number of alkyl halides is 9. The van der Waals surface area contributed by atoms with Crippen LogP contribution in [0, 0.1) is 6.92 Å². The lowest BCUT2D eigenvalue weighted by Crippen LogP contribution is -2.55. The van der Waals surface area contributed by atoms with Crippen molar-refractivity contribution in [3.63, 3.8) is 0 Å². The number of hydrogen-bond donors (Lipinski definition) is 2. The summed E-state index contributed by atoms with van der Waals surface area (Å²) in [6.07, 6.45) is -18.4. The first-order valence-electron chi connectivity index (χ1n) is 19.9. The summed E-state index contributed by atoms with van der Waals surface area (Å²) >= 11 is 0. The molecule has 1 unspecified atom stereocenters. The number of imide groups is 2. The Morgan fingerprint density at radius 1 is 0.485 bits per heavy atom. The van der Waals surface area contributed by atoms with Crippen LogP contribution in [-0.2, 0) is 16.6 Å². The third kappa shape index (κ3) is 5.88. The molecular weight excluding hydrogens is 884 g/mol. The van der Waals surface area contributed by atoms with Gasteiger partial charge < -0.3 is 10.2 Å². The van der Waals surface area contributed by atoms with Gasteiger partial charge in [0, 0.05) is 12.6 Å². The third-order valence-corrected chi connectivity index (χ3v) is 12.9. The highest BCUT2D eigenvalue weighted by molar-refractivity contribution is 6.35. The monoisotopic (exact) mass is 914 g/mol. The highest BCUT2D eigenvalue weighted by atomic mass is 19.4. The van der Waals surface area contributed by atoms with Crippen molar-refractivity contribution in [1.29, 1.82) is 0 Å². The van der Waals surface area contributed by atoms with Crippen molar-refractivity contribution in [2.75, 3.05) is 11.9 Å². The molecule has 0 saturated carbocycles. The summed E-state index contributed by atoms with van der Waals surface area (Å²) < 4.78 is 135. The van der Waals surface area contributed by atoms with E-state index in [-0.39, 0.29) is 49.4 Å². The molecule has 2 heterocycles. The number of fused-ring (bicyclic) bond motifs is 5. The lowest BCUT2D eigenvalue weighted by atomic mass is 9.66. The van der Waals surface area contributed by atoms with Crippen LogP contribution in [-0.4, -0.2) is 64.3 Å². The quantitative estimate of drug-likeness (QED) is 0.127. The number of aliphatic hydroxyl groups is 2. The standard InChI is InChI=1S/C49H31F9N2O6/c1-24-12-15-27(22-37(24)44(2,65)47(50,51)52)45(35-10-6-4-8-29(35)30-9-5-7-11-36(30)45)28-16-19-39(38(23-28)46(66,48(53,54)55)49(56,57)58)60-42(63)32-18-14-26(21-34(32)43(60)64)25-13-17-31-33(20-25)41(62)59(3)40(31)61/h4-23,65-66H,1-3H3. The van der Waals surface area contributed by atoms with Crippen molar-refractivity contribution in [2.45, 2.75) is 49.0 Å². The van der Waals surface area contributed by atoms with Crippen LogP contribution in [0.4, 0.5) is 45.2 Å². The maximum absolute atomic E-state index is 15.2. The number of aryl methyl sites for hydroxylation is 1. The summed E-state index contributed by atoms with van der Waals surface area (Å²) in [7, 11) is 1.27. The van der Waals surface area contributed by atoms with E-state index in [4.69, 9.17) is 0 Å². The molecule has 0 radical (unpaired) electrons. The SMILES string of the molecule is Cc1ccc(C2(c3ccc(N4C(=O)c5ccc(-c6ccc7c(c6)C(=O)N(C)C7=O)cc5C4=O)c(C(O)(C(F)(F)F)C(F)(F)F)c3)c3ccccc3-c3ccccc32)cc1C(C)(O)C(F)(F)F. The van der Waals surface area contributed by atoms with E-state index in [9.17, 15) is 42.6 Å². The van der Waals surface area contributed by atoms with Crippen LogP contribution in [0.15, 0.2) is 121 Å². The predicted molar refractivity (Wildman–Crippen MR) is 220 cm³/mol. The Kier molecular flexibility index (Phi) is 9.49. The molecule has 17 heteroatoms. The fourth-order valence-electron chi connectivity index (χ4n) is 9.46. The lowest BCUT2D eigenvalue weighted by molar-refractivity contribution is -0.376. The molecule has 1 aliphatic carbocycles. The fourth-order valence-corrected chi connectivity index (χ4v) is 9.46. The van der Waals surface area contributed by atoms with Gasteiger partial charge in [-0.15, -0.1) is 0 Å². The van der Waals surface area contributed by atoms with Crippen LogP contribution < -0.4 is 4.90 Å². The lowest BCUT2D eigenvalue weighted by Gasteiger charge is -2.39. The molecule has 66 heavy (non-hydrogen) atoms. The normalized spacial score (nSPS) is 16.6. The molecule has 0 fully saturated rings. The average molecular weight is 915 g/mol. The van der Waals surface area contributed by atoms with E-state index in [0.717, 1.165) is 29.2 Å². The van der Waals surface area contributed by atoms with E-state index >= 15 is 26.3 Å². The number of hydrogen-bond acceptors (Lipinski definition) is 6. The Balaban J connectivity index is 1.30. The second-order valence-electron chi connectivity index (χ2n) is 16.5. The molecule has 2 aliphatic heterocycles. The van der Waals surface area contributed by atoms with Crippen LogP contribution in [0.3, 0.4) is 0 Å². The fraction of sp³-hybridized carbons (Fsp3) is 0.184. The average Bonchev–Trinajstić information content (AvgIpc) is 3.79. The molecule has 8 nitrogen and oxygen atoms in total. The van der Waals surface area contributed by atoms with Crippen molar-refractivity contribution >= 4 is 29.3 Å². The molecule has 6 aromatic carbocycles. The van der Waals surface area contributed by atoms with Gasteiger partial charge in [0.2, 0.25) is 0 Å². The van der Waals surface area contributed by atoms with Gasteiger partial charge in [-0.1, -0.05) is 84.9 Å². The molecule has 6 aromatic rings. The van der Waals surface area contributed by atoms with Crippen molar-refractivity contribution in [1.82, 2.24) is 4.90 Å². The van der Waals surface area contributed by atoms with E-state index in [1.807, 2.05) is 0 Å². The number of amides is 4. The highest BCUT2D eigenvalue weighted by Crippen LogP contribution is 2.59. The Bertz CT molecular complexity index is 3070. The van der Waals surface area contributed by atoms with Crippen molar-refractivity contribution < 1.29 is 68.9 Å². The number of benzene rings is 6. The minimum absolute atomic E-state index is 0.0192. The minimum Gasteiger partial charge on any atom is -0.376 e. The number of carbonyl (C=O) groups is 4. The second kappa shape index (κ2) is 14.2. The van der Waals surface area contributed by atoms with Gasteiger partial charge in [-0.3, -0.25) is 24.1 Å². The molecule has 336 valence electrons. The maximum Gasteiger partial charge on any atom is 0.430 e. The van der Waals surface area contributed by atoms with Gasteiger partial charge >= 0.3 is 18.5 Å². The summed E-state index contributed by atoms with van der Waals surface area (Å²) in [5.41, 5.74) is -15.2. The summed E-state index contributed by atoms with van der Waals surface area (Å²) in [6, 6.07) is 25.6. The number of rotatable bonds is 6. The van der Waals surface area contributed by atoms with Gasteiger partial charge in [0.1, 0.15) is 0 Å². The van der Waals surface area contributed by atoms with Gasteiger partial charge in [-0.2, -0.15) is 39.5 Å². The number of nitrogens with zero attached hydrogens (tertiary/aromatic N) is 2. The summed E-state index contributed by atoms with van der Waals surface area (Å²) in [6.45, 7) is 1.78. The zero-order valence-corrected chi connectivity index (χ0v) is 34.4. The molecule has 0 spiro atoms. The summed E-state index contributed by atoms with van der Waals surface area (Å²) in [5.74, 6) is -3.94. The molecule has 0 saturated heterocycles. The molecule has 0 bridgehead atoms. The summed E-state index contributed by atoms with van der Waals surface area (Å²) in [5, 5.41) is 22.3. The number of carbonyl (C=O) groups excluding carboxylic acids is 4. The molecule has 3 aliphatic rings.